The quantitative estimate of drug-likeness (QED) is 0.345. The molecule has 1 aliphatic rings. The second-order valence-corrected chi connectivity index (χ2v) is 9.17. The number of ether oxygens (including phenoxy) is 3. The number of para-hydroxylation sites is 1. The van der Waals surface area contributed by atoms with Crippen molar-refractivity contribution < 1.29 is 33.4 Å². The van der Waals surface area contributed by atoms with Crippen LogP contribution in [-0.2, 0) is 19.1 Å². The van der Waals surface area contributed by atoms with Crippen LogP contribution in [0.5, 0.6) is 11.5 Å². The Morgan fingerprint density at radius 3 is 2.53 bits per heavy atom. The van der Waals surface area contributed by atoms with Gasteiger partial charge < -0.3 is 19.5 Å². The number of nitrogens with one attached hydrogen (secondary N) is 1. The lowest BCUT2D eigenvalue weighted by Crippen LogP contribution is -2.35. The van der Waals surface area contributed by atoms with Crippen molar-refractivity contribution in [1.29, 1.82) is 0 Å². The largest absolute Gasteiger partial charge is 0.490 e. The molecule has 1 fully saturated rings. The molecule has 2 aromatic rings. The number of benzene rings is 2. The second-order valence-electron chi connectivity index (χ2n) is 7.77. The zero-order valence-electron chi connectivity index (χ0n) is 19.9. The summed E-state index contributed by atoms with van der Waals surface area (Å²) < 4.78 is 16.3. The van der Waals surface area contributed by atoms with Crippen LogP contribution in [-0.4, -0.2) is 53.8 Å². The average Bonchev–Trinajstić information content (AvgIpc) is 3.06. The van der Waals surface area contributed by atoms with Gasteiger partial charge in [-0.25, -0.2) is 0 Å². The van der Waals surface area contributed by atoms with Crippen molar-refractivity contribution in [2.24, 2.45) is 0 Å². The molecule has 0 atom stereocenters. The van der Waals surface area contributed by atoms with Gasteiger partial charge in [-0.05, 0) is 68.4 Å². The van der Waals surface area contributed by atoms with Crippen LogP contribution in [0.25, 0.3) is 6.08 Å². The topological polar surface area (TPSA) is 111 Å². The first-order valence-electron chi connectivity index (χ1n) is 11.1. The van der Waals surface area contributed by atoms with Crippen molar-refractivity contribution in [3.63, 3.8) is 0 Å². The maximum absolute atomic E-state index is 12.7. The Morgan fingerprint density at radius 1 is 1.14 bits per heavy atom. The van der Waals surface area contributed by atoms with Crippen LogP contribution in [0.1, 0.15) is 26.3 Å². The number of carbonyl (C=O) groups excluding carboxylic acids is 4. The van der Waals surface area contributed by atoms with Crippen LogP contribution in [0, 0.1) is 0 Å². The molecule has 9 nitrogen and oxygen atoms in total. The summed E-state index contributed by atoms with van der Waals surface area (Å²) in [4.78, 5) is 50.1. The zero-order valence-corrected chi connectivity index (χ0v) is 21.5. The van der Waals surface area contributed by atoms with E-state index in [1.807, 2.05) is 6.07 Å². The minimum absolute atomic E-state index is 0.117. The van der Waals surface area contributed by atoms with Crippen LogP contribution in [0.15, 0.2) is 47.4 Å². The number of amides is 3. The SMILES string of the molecule is CCOc1cc(/C=C2\SC(=O)N(CC(=O)OC(C)C)C2=O)cc(Cl)c1OCC(=O)Nc1ccccc1. The minimum Gasteiger partial charge on any atom is -0.490 e. The van der Waals surface area contributed by atoms with Gasteiger partial charge in [-0.1, -0.05) is 29.8 Å². The van der Waals surface area contributed by atoms with Crippen molar-refractivity contribution in [2.75, 3.05) is 25.1 Å². The van der Waals surface area contributed by atoms with Gasteiger partial charge in [0.15, 0.2) is 18.1 Å². The molecule has 3 rings (SSSR count). The van der Waals surface area contributed by atoms with E-state index in [0.29, 0.717) is 29.6 Å². The number of esters is 1. The third kappa shape index (κ3) is 7.25. The number of hydrogen-bond donors (Lipinski definition) is 1. The smallest absolute Gasteiger partial charge is 0.326 e. The van der Waals surface area contributed by atoms with Gasteiger partial charge in [0.1, 0.15) is 6.54 Å². The van der Waals surface area contributed by atoms with E-state index in [0.717, 1.165) is 4.90 Å². The first kappa shape index (κ1) is 27.1. The molecule has 11 heteroatoms. The van der Waals surface area contributed by atoms with Gasteiger partial charge >= 0.3 is 5.97 Å². The van der Waals surface area contributed by atoms with Crippen molar-refractivity contribution in [3.05, 3.63) is 58.0 Å². The van der Waals surface area contributed by atoms with Crippen LogP contribution >= 0.6 is 23.4 Å². The number of hydrogen-bond acceptors (Lipinski definition) is 8. The summed E-state index contributed by atoms with van der Waals surface area (Å²) in [5, 5.41) is 2.29. The van der Waals surface area contributed by atoms with E-state index < -0.39 is 23.7 Å². The Hall–Kier alpha value is -3.50. The van der Waals surface area contributed by atoms with Crippen LogP contribution in [0.2, 0.25) is 5.02 Å². The Kier molecular flexibility index (Phi) is 9.38. The summed E-state index contributed by atoms with van der Waals surface area (Å²) in [5.74, 6) is -1.23. The maximum atomic E-state index is 12.7. The molecule has 0 aliphatic carbocycles. The molecular weight excluding hydrogens is 508 g/mol. The fourth-order valence-electron chi connectivity index (χ4n) is 3.15. The number of imide groups is 1. The Balaban J connectivity index is 1.74. The monoisotopic (exact) mass is 532 g/mol. The van der Waals surface area contributed by atoms with E-state index in [2.05, 4.69) is 5.32 Å². The molecule has 2 aromatic carbocycles. The van der Waals surface area contributed by atoms with Crippen molar-refractivity contribution >= 4 is 58.1 Å². The zero-order chi connectivity index (χ0) is 26.2. The molecule has 1 saturated heterocycles. The number of rotatable bonds is 10. The van der Waals surface area contributed by atoms with E-state index in [1.54, 1.807) is 51.1 Å². The molecule has 1 N–H and O–H groups in total. The second kappa shape index (κ2) is 12.5. The normalized spacial score (nSPS) is 14.4. The molecule has 36 heavy (non-hydrogen) atoms. The Labute approximate surface area is 217 Å². The minimum atomic E-state index is -0.673. The van der Waals surface area contributed by atoms with Crippen molar-refractivity contribution in [1.82, 2.24) is 4.90 Å². The highest BCUT2D eigenvalue weighted by Gasteiger charge is 2.37. The molecule has 0 unspecified atom stereocenters. The van der Waals surface area contributed by atoms with Crippen LogP contribution in [0.4, 0.5) is 10.5 Å². The molecule has 0 bridgehead atoms. The maximum Gasteiger partial charge on any atom is 0.326 e. The van der Waals surface area contributed by atoms with E-state index in [4.69, 9.17) is 25.8 Å². The lowest BCUT2D eigenvalue weighted by Gasteiger charge is -2.15. The third-order valence-corrected chi connectivity index (χ3v) is 5.75. The summed E-state index contributed by atoms with van der Waals surface area (Å²) >= 11 is 7.12. The molecule has 0 saturated carbocycles. The molecule has 0 aromatic heterocycles. The summed E-state index contributed by atoms with van der Waals surface area (Å²) in [7, 11) is 0. The molecule has 0 spiro atoms. The number of halogens is 1. The van der Waals surface area contributed by atoms with E-state index in [9.17, 15) is 19.2 Å². The molecule has 3 amide bonds. The standard InChI is InChI=1S/C25H25ClN2O7S/c1-4-33-19-11-16(12-20-24(31)28(25(32)36-20)13-22(30)35-15(2)3)10-18(26)23(19)34-14-21(29)27-17-8-6-5-7-9-17/h5-12,15H,4,13-14H2,1-3H3,(H,27,29)/b20-12-. The fraction of sp³-hybridized carbons (Fsp3) is 0.280. The van der Waals surface area contributed by atoms with Gasteiger partial charge in [-0.15, -0.1) is 0 Å². The van der Waals surface area contributed by atoms with E-state index >= 15 is 0 Å². The lowest BCUT2D eigenvalue weighted by molar-refractivity contribution is -0.149. The molecule has 1 aliphatic heterocycles. The molecule has 190 valence electrons. The molecule has 0 radical (unpaired) electrons. The van der Waals surface area contributed by atoms with Crippen LogP contribution in [0.3, 0.4) is 0 Å². The van der Waals surface area contributed by atoms with E-state index in [1.165, 1.54) is 12.1 Å². The van der Waals surface area contributed by atoms with E-state index in [-0.39, 0.29) is 40.0 Å². The number of anilines is 1. The van der Waals surface area contributed by atoms with Gasteiger partial charge in [0.2, 0.25) is 0 Å². The highest BCUT2D eigenvalue weighted by molar-refractivity contribution is 8.18. The highest BCUT2D eigenvalue weighted by Crippen LogP contribution is 2.39. The summed E-state index contributed by atoms with van der Waals surface area (Å²) in [6, 6.07) is 12.0. The van der Waals surface area contributed by atoms with Gasteiger partial charge in [-0.2, -0.15) is 0 Å². The predicted octanol–water partition coefficient (Wildman–Crippen LogP) is 4.74. The fourth-order valence-corrected chi connectivity index (χ4v) is 4.26. The van der Waals surface area contributed by atoms with Gasteiger partial charge in [-0.3, -0.25) is 24.1 Å². The Bertz CT molecular complexity index is 1180. The number of nitrogens with zero attached hydrogens (tertiary/aromatic N) is 1. The summed E-state index contributed by atoms with van der Waals surface area (Å²) in [6.45, 7) is 4.64. The summed E-state index contributed by atoms with van der Waals surface area (Å²) in [5.41, 5.74) is 1.10. The summed E-state index contributed by atoms with van der Waals surface area (Å²) in [6.07, 6.45) is 1.11. The van der Waals surface area contributed by atoms with Gasteiger partial charge in [0.05, 0.1) is 22.6 Å². The van der Waals surface area contributed by atoms with Crippen molar-refractivity contribution in [2.45, 2.75) is 26.9 Å². The van der Waals surface area contributed by atoms with Gasteiger partial charge in [0, 0.05) is 5.69 Å². The first-order chi connectivity index (χ1) is 17.2. The third-order valence-electron chi connectivity index (χ3n) is 4.56. The first-order valence-corrected chi connectivity index (χ1v) is 12.3. The number of thioether (sulfide) groups is 1. The van der Waals surface area contributed by atoms with Crippen molar-refractivity contribution in [3.8, 4) is 11.5 Å². The predicted molar refractivity (Wildman–Crippen MR) is 137 cm³/mol. The average molecular weight is 533 g/mol. The van der Waals surface area contributed by atoms with Crippen LogP contribution < -0.4 is 14.8 Å². The number of carbonyl (C=O) groups is 4. The highest BCUT2D eigenvalue weighted by atomic mass is 35.5. The lowest BCUT2D eigenvalue weighted by atomic mass is 10.1. The Morgan fingerprint density at radius 2 is 1.86 bits per heavy atom. The van der Waals surface area contributed by atoms with Gasteiger partial charge in [0.25, 0.3) is 17.1 Å². The molecule has 1 heterocycles. The molecular formula is C25H25ClN2O7S.